The number of hydrogen-bond acceptors (Lipinski definition) is 5. The smallest absolute Gasteiger partial charge is 0.416 e. The normalized spacial score (nSPS) is 11.4. The molecular weight excluding hydrogens is 497 g/mol. The average molecular weight is 518 g/mol. The Hall–Kier alpha value is -4.86. The number of amides is 1. The molecule has 0 unspecified atom stereocenters. The minimum absolute atomic E-state index is 0.0946. The van der Waals surface area contributed by atoms with Gasteiger partial charge in [-0.1, -0.05) is 12.1 Å². The first kappa shape index (κ1) is 24.8. The van der Waals surface area contributed by atoms with Gasteiger partial charge in [0.1, 0.15) is 12.4 Å². The number of nitrogens with zero attached hydrogens (tertiary/aromatic N) is 3. The van der Waals surface area contributed by atoms with Crippen molar-refractivity contribution in [1.82, 2.24) is 14.8 Å². The molecule has 5 rings (SSSR count). The summed E-state index contributed by atoms with van der Waals surface area (Å²) in [6.45, 7) is 2.22. The molecule has 2 aromatic carbocycles. The zero-order valence-corrected chi connectivity index (χ0v) is 20.1. The van der Waals surface area contributed by atoms with E-state index < -0.39 is 17.6 Å². The maximum atomic E-state index is 13.0. The average Bonchev–Trinajstić information content (AvgIpc) is 3.61. The van der Waals surface area contributed by atoms with E-state index in [1.165, 1.54) is 12.1 Å². The molecule has 0 aliphatic heterocycles. The number of furan rings is 1. The Morgan fingerprint density at radius 1 is 1.11 bits per heavy atom. The molecule has 38 heavy (non-hydrogen) atoms. The molecule has 0 aliphatic rings. The summed E-state index contributed by atoms with van der Waals surface area (Å²) in [7, 11) is 0. The molecule has 0 atom stereocenters. The molecule has 3 aromatic heterocycles. The van der Waals surface area contributed by atoms with Gasteiger partial charge in [0, 0.05) is 46.5 Å². The number of benzene rings is 2. The van der Waals surface area contributed by atoms with E-state index in [0.29, 0.717) is 23.7 Å². The van der Waals surface area contributed by atoms with E-state index in [4.69, 9.17) is 9.15 Å². The summed E-state index contributed by atoms with van der Waals surface area (Å²) >= 11 is 0. The number of ether oxygens (including phenoxy) is 1. The molecule has 0 spiro atoms. The van der Waals surface area contributed by atoms with E-state index in [-0.39, 0.29) is 5.56 Å². The Bertz CT molecular complexity index is 1580. The van der Waals surface area contributed by atoms with Crippen LogP contribution in [0.3, 0.4) is 0 Å². The predicted octanol–water partition coefficient (Wildman–Crippen LogP) is 6.69. The van der Waals surface area contributed by atoms with Gasteiger partial charge >= 0.3 is 6.18 Å². The highest BCUT2D eigenvalue weighted by Gasteiger charge is 2.30. The number of carbonyl (C=O) groups excluding carboxylic acids is 1. The summed E-state index contributed by atoms with van der Waals surface area (Å²) in [5, 5.41) is 7.14. The van der Waals surface area contributed by atoms with Crippen LogP contribution in [-0.4, -0.2) is 20.7 Å². The van der Waals surface area contributed by atoms with Gasteiger partial charge in [0.2, 0.25) is 0 Å². The Labute approximate surface area is 215 Å². The summed E-state index contributed by atoms with van der Waals surface area (Å²) in [4.78, 5) is 16.9. The molecule has 10 heteroatoms. The highest BCUT2D eigenvalue weighted by atomic mass is 19.4. The number of alkyl halides is 3. The van der Waals surface area contributed by atoms with Gasteiger partial charge in [-0.2, -0.15) is 18.3 Å². The molecule has 0 aliphatic carbocycles. The first-order valence-corrected chi connectivity index (χ1v) is 11.5. The highest BCUT2D eigenvalue weighted by Crippen LogP contribution is 2.31. The van der Waals surface area contributed by atoms with E-state index in [1.54, 1.807) is 60.1 Å². The summed E-state index contributed by atoms with van der Waals surface area (Å²) in [6, 6.07) is 13.0. The van der Waals surface area contributed by atoms with Crippen molar-refractivity contribution in [3.63, 3.8) is 0 Å². The number of nitrogens with one attached hydrogen (secondary N) is 1. The van der Waals surface area contributed by atoms with Gasteiger partial charge in [0.05, 0.1) is 30.0 Å². The number of halogens is 3. The molecule has 7 nitrogen and oxygen atoms in total. The second kappa shape index (κ2) is 10.3. The Morgan fingerprint density at radius 2 is 1.97 bits per heavy atom. The lowest BCUT2D eigenvalue weighted by molar-refractivity contribution is -0.137. The molecule has 0 bridgehead atoms. The van der Waals surface area contributed by atoms with Crippen LogP contribution in [0.25, 0.3) is 16.8 Å². The standard InChI is InChI=1S/C28H21F3N4O3/c1-18-5-6-23(34-27(36)20-3-2-4-22(11-20)28(29,30)31)12-25(18)35-15-21(13-33-35)24-14-32-9-7-26(24)38-17-19-8-10-37-16-19/h2-16H,17H2,1H3,(H,34,36). The molecule has 0 fully saturated rings. The first-order valence-electron chi connectivity index (χ1n) is 11.5. The van der Waals surface area contributed by atoms with Crippen molar-refractivity contribution in [2.75, 3.05) is 5.32 Å². The van der Waals surface area contributed by atoms with Gasteiger partial charge in [-0.05, 0) is 55.0 Å². The topological polar surface area (TPSA) is 82.2 Å². The van der Waals surface area contributed by atoms with Crippen LogP contribution in [0.2, 0.25) is 0 Å². The van der Waals surface area contributed by atoms with E-state index in [9.17, 15) is 18.0 Å². The third kappa shape index (κ3) is 5.44. The number of aromatic nitrogens is 3. The van der Waals surface area contributed by atoms with Crippen LogP contribution in [0.4, 0.5) is 18.9 Å². The highest BCUT2D eigenvalue weighted by molar-refractivity contribution is 6.04. The van der Waals surface area contributed by atoms with Crippen molar-refractivity contribution in [3.8, 4) is 22.6 Å². The lowest BCUT2D eigenvalue weighted by Gasteiger charge is -2.12. The lowest BCUT2D eigenvalue weighted by atomic mass is 10.1. The second-order valence-corrected chi connectivity index (χ2v) is 8.50. The largest absolute Gasteiger partial charge is 0.488 e. The molecule has 0 radical (unpaired) electrons. The van der Waals surface area contributed by atoms with Crippen LogP contribution in [0.15, 0.2) is 96.3 Å². The molecule has 0 saturated carbocycles. The van der Waals surface area contributed by atoms with Gasteiger partial charge in [-0.25, -0.2) is 4.68 Å². The number of pyridine rings is 1. The van der Waals surface area contributed by atoms with Crippen LogP contribution >= 0.6 is 0 Å². The van der Waals surface area contributed by atoms with Crippen molar-refractivity contribution in [1.29, 1.82) is 0 Å². The van der Waals surface area contributed by atoms with Crippen molar-refractivity contribution >= 4 is 11.6 Å². The number of anilines is 1. The number of aryl methyl sites for hydroxylation is 1. The molecule has 1 N–H and O–H groups in total. The van der Waals surface area contributed by atoms with Crippen LogP contribution in [0.1, 0.15) is 27.0 Å². The fraction of sp³-hybridized carbons (Fsp3) is 0.107. The van der Waals surface area contributed by atoms with Crippen LogP contribution in [0, 0.1) is 6.92 Å². The summed E-state index contributed by atoms with van der Waals surface area (Å²) in [5.74, 6) is -0.0265. The predicted molar refractivity (Wildman–Crippen MR) is 134 cm³/mol. The monoisotopic (exact) mass is 518 g/mol. The van der Waals surface area contributed by atoms with E-state index in [0.717, 1.165) is 34.4 Å². The fourth-order valence-electron chi connectivity index (χ4n) is 3.83. The number of hydrogen-bond donors (Lipinski definition) is 1. The molecule has 3 heterocycles. The van der Waals surface area contributed by atoms with Gasteiger partial charge in [0.25, 0.3) is 5.91 Å². The van der Waals surface area contributed by atoms with Crippen LogP contribution in [-0.2, 0) is 12.8 Å². The quantitative estimate of drug-likeness (QED) is 0.260. The Balaban J connectivity index is 1.37. The van der Waals surface area contributed by atoms with Crippen molar-refractivity contribution in [2.45, 2.75) is 19.7 Å². The fourth-order valence-corrected chi connectivity index (χ4v) is 3.83. The molecule has 1 amide bonds. The molecule has 0 saturated heterocycles. The third-order valence-corrected chi connectivity index (χ3v) is 5.82. The molecule has 192 valence electrons. The molecular formula is C28H21F3N4O3. The van der Waals surface area contributed by atoms with E-state index in [1.807, 2.05) is 19.2 Å². The lowest BCUT2D eigenvalue weighted by Crippen LogP contribution is -2.14. The third-order valence-electron chi connectivity index (χ3n) is 5.82. The van der Waals surface area contributed by atoms with Gasteiger partial charge in [0.15, 0.2) is 0 Å². The van der Waals surface area contributed by atoms with Gasteiger partial charge in [-0.3, -0.25) is 9.78 Å². The number of carbonyl (C=O) groups is 1. The zero-order chi connectivity index (χ0) is 26.7. The van der Waals surface area contributed by atoms with Crippen LogP contribution < -0.4 is 10.1 Å². The summed E-state index contributed by atoms with van der Waals surface area (Å²) in [6.07, 6.45) is 5.46. The minimum Gasteiger partial charge on any atom is -0.488 e. The van der Waals surface area contributed by atoms with E-state index in [2.05, 4.69) is 15.4 Å². The summed E-state index contributed by atoms with van der Waals surface area (Å²) < 4.78 is 51.8. The van der Waals surface area contributed by atoms with Crippen LogP contribution in [0.5, 0.6) is 5.75 Å². The van der Waals surface area contributed by atoms with Crippen molar-refractivity contribution in [3.05, 3.63) is 114 Å². The summed E-state index contributed by atoms with van der Waals surface area (Å²) in [5.41, 5.74) is 3.39. The van der Waals surface area contributed by atoms with Gasteiger partial charge < -0.3 is 14.5 Å². The number of rotatable bonds is 7. The Morgan fingerprint density at radius 3 is 2.76 bits per heavy atom. The second-order valence-electron chi connectivity index (χ2n) is 8.50. The molecule has 5 aromatic rings. The minimum atomic E-state index is -4.54. The first-order chi connectivity index (χ1) is 18.3. The van der Waals surface area contributed by atoms with Crippen molar-refractivity contribution in [2.24, 2.45) is 0 Å². The Kier molecular flexibility index (Phi) is 6.69. The maximum absolute atomic E-state index is 13.0. The van der Waals surface area contributed by atoms with Crippen molar-refractivity contribution < 1.29 is 27.1 Å². The maximum Gasteiger partial charge on any atom is 0.416 e. The zero-order valence-electron chi connectivity index (χ0n) is 20.1. The SMILES string of the molecule is Cc1ccc(NC(=O)c2cccc(C(F)(F)F)c2)cc1-n1cc(-c2cnccc2OCc2ccoc2)cn1. The van der Waals surface area contributed by atoms with E-state index >= 15 is 0 Å². The van der Waals surface area contributed by atoms with Gasteiger partial charge in [-0.15, -0.1) is 0 Å².